The standard InChI is InChI=1S/C22H16N6O/c1-23-21-18-11-15(14-4-2-5-16(10-14)22-28-25-13-29-22)7-8-19(18)26-20(27-21)17-6-3-9-24-12-17/h2-13H,1H3,(H,23,26,27). The van der Waals surface area contributed by atoms with Crippen LogP contribution in [0.1, 0.15) is 0 Å². The molecule has 7 heteroatoms. The number of hydrogen-bond acceptors (Lipinski definition) is 7. The Kier molecular flexibility index (Phi) is 4.18. The van der Waals surface area contributed by atoms with Crippen LogP contribution >= 0.6 is 0 Å². The lowest BCUT2D eigenvalue weighted by Crippen LogP contribution is -1.99. The Morgan fingerprint density at radius 3 is 2.52 bits per heavy atom. The quantitative estimate of drug-likeness (QED) is 0.492. The summed E-state index contributed by atoms with van der Waals surface area (Å²) >= 11 is 0. The van der Waals surface area contributed by atoms with E-state index in [-0.39, 0.29) is 0 Å². The summed E-state index contributed by atoms with van der Waals surface area (Å²) in [7, 11) is 1.86. The highest BCUT2D eigenvalue weighted by atomic mass is 16.4. The van der Waals surface area contributed by atoms with Crippen LogP contribution in [0, 0.1) is 0 Å². The molecule has 0 unspecified atom stereocenters. The van der Waals surface area contributed by atoms with Crippen molar-refractivity contribution in [2.24, 2.45) is 0 Å². The van der Waals surface area contributed by atoms with Crippen LogP contribution in [0.15, 0.2) is 77.8 Å². The van der Waals surface area contributed by atoms with Gasteiger partial charge in [-0.3, -0.25) is 4.98 Å². The third kappa shape index (κ3) is 3.19. The van der Waals surface area contributed by atoms with Crippen molar-refractivity contribution < 1.29 is 4.42 Å². The van der Waals surface area contributed by atoms with E-state index in [1.165, 1.54) is 6.39 Å². The van der Waals surface area contributed by atoms with Gasteiger partial charge < -0.3 is 9.73 Å². The van der Waals surface area contributed by atoms with Crippen LogP contribution in [-0.2, 0) is 0 Å². The Morgan fingerprint density at radius 2 is 1.72 bits per heavy atom. The fourth-order valence-electron chi connectivity index (χ4n) is 3.25. The van der Waals surface area contributed by atoms with E-state index in [2.05, 4.69) is 37.6 Å². The number of benzene rings is 2. The molecule has 0 saturated carbocycles. The van der Waals surface area contributed by atoms with Gasteiger partial charge in [0, 0.05) is 36.0 Å². The van der Waals surface area contributed by atoms with Crippen LogP contribution in [-0.4, -0.2) is 32.2 Å². The maximum atomic E-state index is 5.32. The van der Waals surface area contributed by atoms with Gasteiger partial charge >= 0.3 is 0 Å². The summed E-state index contributed by atoms with van der Waals surface area (Å²) in [4.78, 5) is 13.6. The van der Waals surface area contributed by atoms with E-state index in [1.807, 2.05) is 49.5 Å². The lowest BCUT2D eigenvalue weighted by molar-refractivity contribution is 0.568. The first-order chi connectivity index (χ1) is 14.3. The summed E-state index contributed by atoms with van der Waals surface area (Å²) in [5, 5.41) is 11.9. The number of rotatable bonds is 4. The molecule has 0 amide bonds. The first-order valence-corrected chi connectivity index (χ1v) is 9.09. The predicted molar refractivity (Wildman–Crippen MR) is 111 cm³/mol. The highest BCUT2D eigenvalue weighted by Gasteiger charge is 2.11. The van der Waals surface area contributed by atoms with Crippen LogP contribution in [0.5, 0.6) is 0 Å². The molecule has 3 heterocycles. The molecule has 29 heavy (non-hydrogen) atoms. The molecule has 0 saturated heterocycles. The van der Waals surface area contributed by atoms with E-state index < -0.39 is 0 Å². The van der Waals surface area contributed by atoms with Gasteiger partial charge in [-0.05, 0) is 47.5 Å². The maximum absolute atomic E-state index is 5.32. The maximum Gasteiger partial charge on any atom is 0.247 e. The third-order valence-corrected chi connectivity index (χ3v) is 4.66. The molecule has 0 atom stereocenters. The SMILES string of the molecule is CNc1nc(-c2cccnc2)nc2ccc(-c3cccc(-c4nnco4)c3)cc12. The van der Waals surface area contributed by atoms with Crippen molar-refractivity contribution >= 4 is 16.7 Å². The summed E-state index contributed by atoms with van der Waals surface area (Å²) in [5.74, 6) is 1.90. The van der Waals surface area contributed by atoms with Crippen LogP contribution in [0.3, 0.4) is 0 Å². The molecule has 1 N–H and O–H groups in total. The van der Waals surface area contributed by atoms with Gasteiger partial charge in [0.2, 0.25) is 12.3 Å². The van der Waals surface area contributed by atoms with Gasteiger partial charge in [0.25, 0.3) is 0 Å². The van der Waals surface area contributed by atoms with Crippen molar-refractivity contribution in [3.63, 3.8) is 0 Å². The summed E-state index contributed by atoms with van der Waals surface area (Å²) in [5.41, 5.74) is 4.70. The van der Waals surface area contributed by atoms with E-state index in [0.717, 1.165) is 39.0 Å². The molecule has 3 aromatic heterocycles. The molecule has 0 spiro atoms. The molecule has 140 valence electrons. The second-order valence-corrected chi connectivity index (χ2v) is 6.44. The van der Waals surface area contributed by atoms with Gasteiger partial charge in [-0.2, -0.15) is 0 Å². The zero-order valence-electron chi connectivity index (χ0n) is 15.6. The molecule has 0 aliphatic rings. The van der Waals surface area contributed by atoms with Gasteiger partial charge in [0.05, 0.1) is 5.52 Å². The Bertz CT molecular complexity index is 1290. The van der Waals surface area contributed by atoms with Gasteiger partial charge in [0.15, 0.2) is 5.82 Å². The second-order valence-electron chi connectivity index (χ2n) is 6.44. The molecular formula is C22H16N6O. The number of nitrogens with one attached hydrogen (secondary N) is 1. The molecule has 0 aliphatic carbocycles. The normalized spacial score (nSPS) is 10.9. The van der Waals surface area contributed by atoms with E-state index in [4.69, 9.17) is 9.40 Å². The minimum Gasteiger partial charge on any atom is -0.423 e. The Hall–Kier alpha value is -4.13. The first kappa shape index (κ1) is 17.0. The highest BCUT2D eigenvalue weighted by molar-refractivity contribution is 5.94. The first-order valence-electron chi connectivity index (χ1n) is 9.09. The lowest BCUT2D eigenvalue weighted by Gasteiger charge is -2.10. The van der Waals surface area contributed by atoms with Crippen molar-refractivity contribution in [1.82, 2.24) is 25.1 Å². The number of pyridine rings is 1. The number of nitrogens with zero attached hydrogens (tertiary/aromatic N) is 5. The van der Waals surface area contributed by atoms with Crippen LogP contribution in [0.4, 0.5) is 5.82 Å². The molecule has 2 aromatic carbocycles. The average Bonchev–Trinajstić information content (AvgIpc) is 3.34. The van der Waals surface area contributed by atoms with E-state index in [1.54, 1.807) is 12.4 Å². The number of anilines is 1. The van der Waals surface area contributed by atoms with Crippen molar-refractivity contribution in [3.05, 3.63) is 73.4 Å². The molecule has 5 aromatic rings. The Labute approximate surface area is 166 Å². The smallest absolute Gasteiger partial charge is 0.247 e. The zero-order chi connectivity index (χ0) is 19.6. The second kappa shape index (κ2) is 7.12. The van der Waals surface area contributed by atoms with Crippen LogP contribution in [0.2, 0.25) is 0 Å². The summed E-state index contributed by atoms with van der Waals surface area (Å²) in [6.07, 6.45) is 4.82. The van der Waals surface area contributed by atoms with E-state index in [9.17, 15) is 0 Å². The predicted octanol–water partition coefficient (Wildman–Crippen LogP) is 4.45. The van der Waals surface area contributed by atoms with Crippen LogP contribution in [0.25, 0.3) is 44.9 Å². The Balaban J connectivity index is 1.62. The molecular weight excluding hydrogens is 364 g/mol. The lowest BCUT2D eigenvalue weighted by atomic mass is 10.0. The van der Waals surface area contributed by atoms with Gasteiger partial charge in [-0.1, -0.05) is 18.2 Å². The highest BCUT2D eigenvalue weighted by Crippen LogP contribution is 2.31. The largest absolute Gasteiger partial charge is 0.423 e. The zero-order valence-corrected chi connectivity index (χ0v) is 15.6. The summed E-state index contributed by atoms with van der Waals surface area (Å²) in [6.45, 7) is 0. The minimum atomic E-state index is 0.494. The molecule has 7 nitrogen and oxygen atoms in total. The van der Waals surface area contributed by atoms with Crippen LogP contribution < -0.4 is 5.32 Å². The van der Waals surface area contributed by atoms with Gasteiger partial charge in [-0.25, -0.2) is 9.97 Å². The Morgan fingerprint density at radius 1 is 0.862 bits per heavy atom. The fraction of sp³-hybridized carbons (Fsp3) is 0.0455. The summed E-state index contributed by atoms with van der Waals surface area (Å²) in [6, 6.07) is 18.0. The molecule has 0 bridgehead atoms. The number of fused-ring (bicyclic) bond motifs is 1. The van der Waals surface area contributed by atoms with E-state index in [0.29, 0.717) is 11.7 Å². The van der Waals surface area contributed by atoms with Crippen molar-refractivity contribution in [2.75, 3.05) is 12.4 Å². The van der Waals surface area contributed by atoms with E-state index >= 15 is 0 Å². The van der Waals surface area contributed by atoms with Gasteiger partial charge in [-0.15, -0.1) is 10.2 Å². The van der Waals surface area contributed by atoms with Crippen molar-refractivity contribution in [3.8, 4) is 34.0 Å². The third-order valence-electron chi connectivity index (χ3n) is 4.66. The average molecular weight is 380 g/mol. The summed E-state index contributed by atoms with van der Waals surface area (Å²) < 4.78 is 5.32. The van der Waals surface area contributed by atoms with Crippen molar-refractivity contribution in [2.45, 2.75) is 0 Å². The molecule has 0 radical (unpaired) electrons. The topological polar surface area (TPSA) is 89.6 Å². The minimum absolute atomic E-state index is 0.494. The van der Waals surface area contributed by atoms with Gasteiger partial charge in [0.1, 0.15) is 5.82 Å². The molecule has 0 fully saturated rings. The number of hydrogen-bond donors (Lipinski definition) is 1. The monoisotopic (exact) mass is 380 g/mol. The molecule has 0 aliphatic heterocycles. The number of aromatic nitrogens is 5. The van der Waals surface area contributed by atoms with Crippen molar-refractivity contribution in [1.29, 1.82) is 0 Å². The molecule has 5 rings (SSSR count). The fourth-order valence-corrected chi connectivity index (χ4v) is 3.25.